The Labute approximate surface area is 166 Å². The van der Waals surface area contributed by atoms with Crippen molar-refractivity contribution in [3.63, 3.8) is 0 Å². The molecule has 0 bridgehead atoms. The fraction of sp³-hybridized carbons (Fsp3) is 0.100. The zero-order chi connectivity index (χ0) is 20.2. The molecule has 1 aromatic heterocycles. The fourth-order valence-corrected chi connectivity index (χ4v) is 2.68. The summed E-state index contributed by atoms with van der Waals surface area (Å²) in [5.74, 6) is 0.970. The molecule has 0 radical (unpaired) electrons. The second kappa shape index (κ2) is 7.85. The third-order valence-electron chi connectivity index (χ3n) is 3.98. The number of rotatable bonds is 5. The first-order valence-corrected chi connectivity index (χ1v) is 8.75. The molecule has 146 valence electrons. The summed E-state index contributed by atoms with van der Waals surface area (Å²) in [5.41, 5.74) is 2.17. The molecule has 2 heterocycles. The predicted molar refractivity (Wildman–Crippen MR) is 107 cm³/mol. The van der Waals surface area contributed by atoms with E-state index in [1.165, 1.54) is 19.2 Å². The first-order valence-electron chi connectivity index (χ1n) is 8.75. The van der Waals surface area contributed by atoms with Gasteiger partial charge in [-0.2, -0.15) is 0 Å². The summed E-state index contributed by atoms with van der Waals surface area (Å²) in [5, 5.41) is 8.49. The van der Waals surface area contributed by atoms with E-state index >= 15 is 0 Å². The van der Waals surface area contributed by atoms with Gasteiger partial charge in [0.15, 0.2) is 11.5 Å². The van der Waals surface area contributed by atoms with Crippen LogP contribution in [0.4, 0.5) is 23.0 Å². The average Bonchev–Trinajstić information content (AvgIpc) is 3.17. The van der Waals surface area contributed by atoms with Gasteiger partial charge in [0.05, 0.1) is 0 Å². The molecule has 1 aliphatic rings. The first kappa shape index (κ1) is 18.2. The van der Waals surface area contributed by atoms with E-state index in [1.54, 1.807) is 42.5 Å². The molecule has 9 heteroatoms. The van der Waals surface area contributed by atoms with Crippen molar-refractivity contribution in [2.45, 2.75) is 6.92 Å². The van der Waals surface area contributed by atoms with Gasteiger partial charge in [-0.25, -0.2) is 9.97 Å². The third-order valence-corrected chi connectivity index (χ3v) is 3.98. The zero-order valence-electron chi connectivity index (χ0n) is 15.4. The maximum Gasteiger partial charge on any atom is 0.274 e. The normalized spacial score (nSPS) is 11.6. The fourth-order valence-electron chi connectivity index (χ4n) is 2.68. The van der Waals surface area contributed by atoms with Crippen molar-refractivity contribution >= 4 is 34.8 Å². The minimum absolute atomic E-state index is 0.143. The highest BCUT2D eigenvalue weighted by molar-refractivity contribution is 6.03. The summed E-state index contributed by atoms with van der Waals surface area (Å²) in [6.07, 6.45) is 1.50. The summed E-state index contributed by atoms with van der Waals surface area (Å²) >= 11 is 0. The molecule has 1 aliphatic heterocycles. The molecule has 0 aliphatic carbocycles. The molecule has 0 spiro atoms. The van der Waals surface area contributed by atoms with Gasteiger partial charge >= 0.3 is 0 Å². The highest BCUT2D eigenvalue weighted by atomic mass is 16.7. The lowest BCUT2D eigenvalue weighted by Crippen LogP contribution is -2.14. The Morgan fingerprint density at radius 2 is 1.62 bits per heavy atom. The van der Waals surface area contributed by atoms with Gasteiger partial charge < -0.3 is 25.4 Å². The van der Waals surface area contributed by atoms with E-state index in [-0.39, 0.29) is 30.2 Å². The number of ether oxygens (including phenoxy) is 2. The molecule has 9 nitrogen and oxygen atoms in total. The number of hydrogen-bond acceptors (Lipinski definition) is 7. The number of nitrogens with zero attached hydrogens (tertiary/aromatic N) is 2. The molecule has 29 heavy (non-hydrogen) atoms. The van der Waals surface area contributed by atoms with Gasteiger partial charge in [-0.15, -0.1) is 0 Å². The Bertz CT molecular complexity index is 1070. The minimum Gasteiger partial charge on any atom is -0.454 e. The van der Waals surface area contributed by atoms with Gasteiger partial charge in [0.25, 0.3) is 5.91 Å². The van der Waals surface area contributed by atoms with Gasteiger partial charge in [-0.3, -0.25) is 9.59 Å². The Balaban J connectivity index is 1.44. The van der Waals surface area contributed by atoms with Crippen LogP contribution in [0.3, 0.4) is 0 Å². The lowest BCUT2D eigenvalue weighted by atomic mass is 10.2. The maximum absolute atomic E-state index is 12.5. The summed E-state index contributed by atoms with van der Waals surface area (Å²) < 4.78 is 10.6. The zero-order valence-corrected chi connectivity index (χ0v) is 15.4. The number of fused-ring (bicyclic) bond motifs is 1. The summed E-state index contributed by atoms with van der Waals surface area (Å²) in [6, 6.07) is 13.7. The highest BCUT2D eigenvalue weighted by Gasteiger charge is 2.15. The average molecular weight is 391 g/mol. The third kappa shape index (κ3) is 4.41. The summed E-state index contributed by atoms with van der Waals surface area (Å²) in [6.45, 7) is 1.61. The Morgan fingerprint density at radius 1 is 0.897 bits per heavy atom. The number of benzene rings is 2. The van der Waals surface area contributed by atoms with Crippen LogP contribution < -0.4 is 25.4 Å². The van der Waals surface area contributed by atoms with Crippen LogP contribution in [0.25, 0.3) is 0 Å². The molecule has 4 rings (SSSR count). The van der Waals surface area contributed by atoms with Crippen LogP contribution in [-0.4, -0.2) is 28.6 Å². The molecule has 3 N–H and O–H groups in total. The molecular weight excluding hydrogens is 374 g/mol. The Hall–Kier alpha value is -4.14. The van der Waals surface area contributed by atoms with Crippen LogP contribution in [0, 0.1) is 0 Å². The van der Waals surface area contributed by atoms with E-state index in [9.17, 15) is 9.59 Å². The maximum atomic E-state index is 12.5. The van der Waals surface area contributed by atoms with Crippen molar-refractivity contribution in [1.82, 2.24) is 9.97 Å². The molecule has 0 unspecified atom stereocenters. The molecule has 0 atom stereocenters. The van der Waals surface area contributed by atoms with Crippen molar-refractivity contribution < 1.29 is 19.1 Å². The van der Waals surface area contributed by atoms with Crippen molar-refractivity contribution in [1.29, 1.82) is 0 Å². The Morgan fingerprint density at radius 3 is 2.41 bits per heavy atom. The molecular formula is C20H17N5O4. The quantitative estimate of drug-likeness (QED) is 0.612. The molecule has 0 saturated carbocycles. The number of anilines is 4. The van der Waals surface area contributed by atoms with Gasteiger partial charge in [0.1, 0.15) is 5.69 Å². The van der Waals surface area contributed by atoms with E-state index in [1.807, 2.05) is 0 Å². The van der Waals surface area contributed by atoms with Crippen LogP contribution in [0.1, 0.15) is 17.4 Å². The van der Waals surface area contributed by atoms with Gasteiger partial charge in [0.2, 0.25) is 18.6 Å². The first-order chi connectivity index (χ1) is 14.1. The van der Waals surface area contributed by atoms with E-state index in [2.05, 4.69) is 25.9 Å². The second-order valence-electron chi connectivity index (χ2n) is 6.17. The predicted octanol–water partition coefficient (Wildman–Crippen LogP) is 3.16. The van der Waals surface area contributed by atoms with Gasteiger partial charge in [-0.05, 0) is 42.5 Å². The van der Waals surface area contributed by atoms with Crippen LogP contribution >= 0.6 is 0 Å². The standard InChI is InChI=1S/C20H17N5O4/c1-12(26)22-13-2-4-14(5-3-13)24-20-21-9-8-16(25-20)19(27)23-15-6-7-17-18(10-15)29-11-28-17/h2-10H,11H2,1H3,(H,22,26)(H,23,27)(H,21,24,25). The second-order valence-corrected chi connectivity index (χ2v) is 6.17. The monoisotopic (exact) mass is 391 g/mol. The number of nitrogens with one attached hydrogen (secondary N) is 3. The van der Waals surface area contributed by atoms with Gasteiger partial charge in [-0.1, -0.05) is 0 Å². The largest absolute Gasteiger partial charge is 0.454 e. The minimum atomic E-state index is -0.379. The van der Waals surface area contributed by atoms with E-state index in [0.717, 1.165) is 0 Å². The van der Waals surface area contributed by atoms with Crippen LogP contribution in [0.2, 0.25) is 0 Å². The number of hydrogen-bond donors (Lipinski definition) is 3. The van der Waals surface area contributed by atoms with E-state index < -0.39 is 0 Å². The number of aromatic nitrogens is 2. The number of carbonyl (C=O) groups excluding carboxylic acids is 2. The van der Waals surface area contributed by atoms with Crippen molar-refractivity contribution in [2.24, 2.45) is 0 Å². The molecule has 2 amide bonds. The van der Waals surface area contributed by atoms with Crippen LogP contribution in [-0.2, 0) is 4.79 Å². The molecule has 2 aromatic carbocycles. The number of amides is 2. The van der Waals surface area contributed by atoms with Crippen LogP contribution in [0.15, 0.2) is 54.7 Å². The SMILES string of the molecule is CC(=O)Nc1ccc(Nc2nccc(C(=O)Nc3ccc4c(c3)OCO4)n2)cc1. The Kier molecular flexibility index (Phi) is 4.93. The van der Waals surface area contributed by atoms with E-state index in [4.69, 9.17) is 9.47 Å². The lowest BCUT2D eigenvalue weighted by Gasteiger charge is -2.09. The van der Waals surface area contributed by atoms with Crippen molar-refractivity contribution in [3.8, 4) is 11.5 Å². The van der Waals surface area contributed by atoms with Gasteiger partial charge in [0, 0.05) is 36.2 Å². The van der Waals surface area contributed by atoms with Crippen molar-refractivity contribution in [2.75, 3.05) is 22.7 Å². The molecule has 0 saturated heterocycles. The highest BCUT2D eigenvalue weighted by Crippen LogP contribution is 2.34. The van der Waals surface area contributed by atoms with Crippen molar-refractivity contribution in [3.05, 3.63) is 60.4 Å². The smallest absolute Gasteiger partial charge is 0.274 e. The topological polar surface area (TPSA) is 114 Å². The molecule has 0 fully saturated rings. The summed E-state index contributed by atoms with van der Waals surface area (Å²) in [7, 11) is 0. The number of carbonyl (C=O) groups is 2. The van der Waals surface area contributed by atoms with E-state index in [0.29, 0.717) is 28.6 Å². The molecule has 3 aromatic rings. The lowest BCUT2D eigenvalue weighted by molar-refractivity contribution is -0.114. The van der Waals surface area contributed by atoms with Crippen LogP contribution in [0.5, 0.6) is 11.5 Å². The summed E-state index contributed by atoms with van der Waals surface area (Å²) in [4.78, 5) is 32.0.